The largest absolute Gasteiger partial charge is 0.344 e. The van der Waals surface area contributed by atoms with Crippen molar-refractivity contribution < 1.29 is 22.8 Å². The van der Waals surface area contributed by atoms with E-state index in [4.69, 9.17) is 5.73 Å². The average Bonchev–Trinajstić information content (AvgIpc) is 2.66. The third-order valence-corrected chi connectivity index (χ3v) is 4.42. The van der Waals surface area contributed by atoms with E-state index < -0.39 is 29.5 Å². The number of carbonyl (C=O) groups is 2. The third-order valence-electron chi connectivity index (χ3n) is 4.42. The van der Waals surface area contributed by atoms with Gasteiger partial charge in [-0.1, -0.05) is 0 Å². The molecule has 0 aromatic heterocycles. The first-order valence-electron chi connectivity index (χ1n) is 8.14. The summed E-state index contributed by atoms with van der Waals surface area (Å²) in [5.74, 6) is -3.80. The van der Waals surface area contributed by atoms with Crippen molar-refractivity contribution in [2.75, 3.05) is 20.1 Å². The summed E-state index contributed by atoms with van der Waals surface area (Å²) >= 11 is 0. The Morgan fingerprint density at radius 2 is 1.88 bits per heavy atom. The predicted octanol–water partition coefficient (Wildman–Crippen LogP) is 1.44. The Kier molecular flexibility index (Phi) is 6.05. The van der Waals surface area contributed by atoms with E-state index >= 15 is 0 Å². The van der Waals surface area contributed by atoms with E-state index in [-0.39, 0.29) is 30.2 Å². The molecule has 2 rings (SSSR count). The summed E-state index contributed by atoms with van der Waals surface area (Å²) in [6.45, 7) is 2.66. The van der Waals surface area contributed by atoms with Crippen LogP contribution in [0.25, 0.3) is 0 Å². The molecule has 8 heteroatoms. The SMILES string of the molecule is CC1C(=O)N(C)CCCN1C(=O)C[C@H](N)Cc1cc(F)c(F)cc1F. The Hall–Kier alpha value is -2.09. The lowest BCUT2D eigenvalue weighted by molar-refractivity contribution is -0.142. The highest BCUT2D eigenvalue weighted by molar-refractivity contribution is 5.87. The van der Waals surface area contributed by atoms with E-state index in [0.29, 0.717) is 25.6 Å². The molecule has 0 aliphatic carbocycles. The number of rotatable bonds is 4. The summed E-state index contributed by atoms with van der Waals surface area (Å²) in [5, 5.41) is 0. The van der Waals surface area contributed by atoms with Crippen molar-refractivity contribution in [1.29, 1.82) is 0 Å². The highest BCUT2D eigenvalue weighted by Crippen LogP contribution is 2.17. The van der Waals surface area contributed by atoms with Crippen LogP contribution in [0.15, 0.2) is 12.1 Å². The summed E-state index contributed by atoms with van der Waals surface area (Å²) in [4.78, 5) is 27.6. The molecule has 2 amide bonds. The molecule has 1 aliphatic heterocycles. The van der Waals surface area contributed by atoms with Crippen molar-refractivity contribution >= 4 is 11.8 Å². The predicted molar refractivity (Wildman–Crippen MR) is 86.0 cm³/mol. The van der Waals surface area contributed by atoms with Crippen LogP contribution < -0.4 is 5.73 Å². The number of halogens is 3. The highest BCUT2D eigenvalue weighted by atomic mass is 19.2. The second-order valence-corrected chi connectivity index (χ2v) is 6.40. The smallest absolute Gasteiger partial charge is 0.244 e. The van der Waals surface area contributed by atoms with E-state index in [9.17, 15) is 22.8 Å². The molecule has 0 radical (unpaired) electrons. The number of benzene rings is 1. The van der Waals surface area contributed by atoms with Crippen LogP contribution in [0.2, 0.25) is 0 Å². The van der Waals surface area contributed by atoms with Gasteiger partial charge in [-0.3, -0.25) is 9.59 Å². The van der Waals surface area contributed by atoms with Crippen LogP contribution in [0.3, 0.4) is 0 Å². The van der Waals surface area contributed by atoms with Gasteiger partial charge in [0, 0.05) is 38.7 Å². The Morgan fingerprint density at radius 1 is 1.24 bits per heavy atom. The molecular weight excluding hydrogens is 335 g/mol. The number of nitrogens with zero attached hydrogens (tertiary/aromatic N) is 2. The Labute approximate surface area is 144 Å². The van der Waals surface area contributed by atoms with Gasteiger partial charge in [0.15, 0.2) is 11.6 Å². The first-order chi connectivity index (χ1) is 11.7. The van der Waals surface area contributed by atoms with Gasteiger partial charge in [-0.2, -0.15) is 0 Å². The first-order valence-corrected chi connectivity index (χ1v) is 8.14. The van der Waals surface area contributed by atoms with E-state index in [1.165, 1.54) is 4.90 Å². The molecule has 138 valence electrons. The molecule has 1 unspecified atom stereocenters. The summed E-state index contributed by atoms with van der Waals surface area (Å²) in [6, 6.07) is -0.144. The van der Waals surface area contributed by atoms with Crippen molar-refractivity contribution in [2.45, 2.75) is 38.3 Å². The number of hydrogen-bond acceptors (Lipinski definition) is 3. The number of hydrogen-bond donors (Lipinski definition) is 1. The quantitative estimate of drug-likeness (QED) is 0.830. The van der Waals surface area contributed by atoms with Crippen LogP contribution in [0.1, 0.15) is 25.3 Å². The molecule has 1 fully saturated rings. The summed E-state index contributed by atoms with van der Waals surface area (Å²) in [7, 11) is 1.68. The van der Waals surface area contributed by atoms with Crippen molar-refractivity contribution in [3.05, 3.63) is 35.1 Å². The van der Waals surface area contributed by atoms with Crippen molar-refractivity contribution in [3.63, 3.8) is 0 Å². The molecule has 0 spiro atoms. The molecule has 2 atom stereocenters. The molecule has 5 nitrogen and oxygen atoms in total. The van der Waals surface area contributed by atoms with Gasteiger partial charge >= 0.3 is 0 Å². The number of nitrogens with two attached hydrogens (primary N) is 1. The van der Waals surface area contributed by atoms with Gasteiger partial charge in [0.1, 0.15) is 11.9 Å². The van der Waals surface area contributed by atoms with Gasteiger partial charge in [-0.15, -0.1) is 0 Å². The first kappa shape index (κ1) is 19.2. The van der Waals surface area contributed by atoms with Gasteiger partial charge in [-0.25, -0.2) is 13.2 Å². The van der Waals surface area contributed by atoms with Crippen molar-refractivity contribution in [3.8, 4) is 0 Å². The van der Waals surface area contributed by atoms with Gasteiger partial charge < -0.3 is 15.5 Å². The molecule has 1 aromatic carbocycles. The van der Waals surface area contributed by atoms with Crippen molar-refractivity contribution in [1.82, 2.24) is 9.80 Å². The monoisotopic (exact) mass is 357 g/mol. The van der Waals surface area contributed by atoms with Crippen LogP contribution in [0, 0.1) is 17.5 Å². The third kappa shape index (κ3) is 4.50. The van der Waals surface area contributed by atoms with Gasteiger partial charge in [0.2, 0.25) is 11.8 Å². The molecule has 25 heavy (non-hydrogen) atoms. The fourth-order valence-electron chi connectivity index (χ4n) is 2.99. The zero-order valence-electron chi connectivity index (χ0n) is 14.3. The number of carbonyl (C=O) groups excluding carboxylic acids is 2. The van der Waals surface area contributed by atoms with E-state index in [0.717, 1.165) is 6.07 Å². The minimum absolute atomic E-state index is 0.0843. The Balaban J connectivity index is 2.02. The van der Waals surface area contributed by atoms with Crippen LogP contribution >= 0.6 is 0 Å². The summed E-state index contributed by atoms with van der Waals surface area (Å²) < 4.78 is 39.9. The molecule has 0 bridgehead atoms. The summed E-state index contributed by atoms with van der Waals surface area (Å²) in [5.41, 5.74) is 5.81. The molecule has 1 aromatic rings. The second kappa shape index (κ2) is 7.86. The maximum absolute atomic E-state index is 13.7. The van der Waals surface area contributed by atoms with Gasteiger partial charge in [0.05, 0.1) is 0 Å². The lowest BCUT2D eigenvalue weighted by Gasteiger charge is -2.28. The molecule has 1 heterocycles. The Morgan fingerprint density at radius 3 is 2.56 bits per heavy atom. The number of amides is 2. The standard InChI is InChI=1S/C17H22F3N3O2/c1-10-17(25)22(2)4-3-5-23(10)16(24)8-12(21)6-11-7-14(19)15(20)9-13(11)18/h7,9-10,12H,3-6,8,21H2,1-2H3/t10?,12-/m1/s1. The lowest BCUT2D eigenvalue weighted by Crippen LogP contribution is -2.47. The second-order valence-electron chi connectivity index (χ2n) is 6.40. The minimum atomic E-state index is -1.27. The normalized spacial score (nSPS) is 19.8. The van der Waals surface area contributed by atoms with Gasteiger partial charge in [0.25, 0.3) is 0 Å². The molecule has 1 saturated heterocycles. The zero-order chi connectivity index (χ0) is 18.7. The molecule has 1 aliphatic rings. The summed E-state index contributed by atoms with van der Waals surface area (Å²) in [6.07, 6.45) is 0.440. The van der Waals surface area contributed by atoms with E-state index in [1.54, 1.807) is 18.9 Å². The maximum Gasteiger partial charge on any atom is 0.244 e. The van der Waals surface area contributed by atoms with Crippen LogP contribution in [0.5, 0.6) is 0 Å². The van der Waals surface area contributed by atoms with Crippen molar-refractivity contribution in [2.24, 2.45) is 5.73 Å². The fraction of sp³-hybridized carbons (Fsp3) is 0.529. The molecule has 0 saturated carbocycles. The topological polar surface area (TPSA) is 66.6 Å². The lowest BCUT2D eigenvalue weighted by atomic mass is 10.0. The maximum atomic E-state index is 13.7. The van der Waals surface area contributed by atoms with Crippen LogP contribution in [-0.2, 0) is 16.0 Å². The highest BCUT2D eigenvalue weighted by Gasteiger charge is 2.31. The van der Waals surface area contributed by atoms with Crippen LogP contribution in [0.4, 0.5) is 13.2 Å². The van der Waals surface area contributed by atoms with E-state index in [1.807, 2.05) is 0 Å². The fourth-order valence-corrected chi connectivity index (χ4v) is 2.99. The van der Waals surface area contributed by atoms with E-state index in [2.05, 4.69) is 0 Å². The van der Waals surface area contributed by atoms with Gasteiger partial charge in [-0.05, 0) is 31.4 Å². The molecular formula is C17H22F3N3O2. The minimum Gasteiger partial charge on any atom is -0.344 e. The Bertz CT molecular complexity index is 669. The van der Waals surface area contributed by atoms with Crippen LogP contribution in [-0.4, -0.2) is 53.8 Å². The zero-order valence-corrected chi connectivity index (χ0v) is 14.3. The number of likely N-dealkylation sites (N-methyl/N-ethyl adjacent to an activating group) is 1. The average molecular weight is 357 g/mol. The molecule has 2 N–H and O–H groups in total.